The minimum atomic E-state index is -1.13. The van der Waals surface area contributed by atoms with Gasteiger partial charge in [-0.2, -0.15) is 4.98 Å². The lowest BCUT2D eigenvalue weighted by Gasteiger charge is -2.08. The molecular weight excluding hydrogens is 420 g/mol. The second-order valence-corrected chi connectivity index (χ2v) is 6.14. The summed E-state index contributed by atoms with van der Waals surface area (Å²) < 4.78 is 6.21. The van der Waals surface area contributed by atoms with Crippen molar-refractivity contribution in [2.45, 2.75) is 33.4 Å². The monoisotopic (exact) mass is 444 g/mol. The van der Waals surface area contributed by atoms with Crippen LogP contribution in [0.25, 0.3) is 11.2 Å². The van der Waals surface area contributed by atoms with Crippen LogP contribution in [0.4, 0.5) is 10.6 Å². The Bertz CT molecular complexity index is 1120. The molecule has 0 aliphatic rings. The highest BCUT2D eigenvalue weighted by atomic mass is 16.5. The molecular formula is C20H24N6O6. The Morgan fingerprint density at radius 2 is 1.91 bits per heavy atom. The molecule has 12 heteroatoms. The highest BCUT2D eigenvalue weighted by molar-refractivity contribution is 5.97. The molecule has 0 aliphatic carbocycles. The van der Waals surface area contributed by atoms with Gasteiger partial charge in [-0.3, -0.25) is 14.6 Å². The number of rotatable bonds is 8. The van der Waals surface area contributed by atoms with Gasteiger partial charge in [-0.1, -0.05) is 44.2 Å². The molecule has 0 spiro atoms. The number of aromatic nitrogens is 4. The Kier molecular flexibility index (Phi) is 8.90. The Morgan fingerprint density at radius 3 is 2.59 bits per heavy atom. The standard InChI is InChI=1S/C18H18N6O6.C2H6/c25-12(6-7-19-18(29)30-9-11-4-2-1-3-5-11)21-15-14-16(23-17(28)22-15)24(10-20-14)8-13(26)27;1-2/h1-5,10H,6-9H2,(H,19,29)(H,26,27)(H2,21,22,23,25,28);1-2H3. The predicted molar refractivity (Wildman–Crippen MR) is 115 cm³/mol. The number of H-pyrrole nitrogens is 1. The van der Waals surface area contributed by atoms with Gasteiger partial charge in [-0.15, -0.1) is 0 Å². The smallest absolute Gasteiger partial charge is 0.407 e. The van der Waals surface area contributed by atoms with Crippen molar-refractivity contribution in [2.24, 2.45) is 0 Å². The second-order valence-electron chi connectivity index (χ2n) is 6.14. The summed E-state index contributed by atoms with van der Waals surface area (Å²) in [6.07, 6.45) is 0.444. The normalized spacial score (nSPS) is 10.1. The van der Waals surface area contributed by atoms with Crippen molar-refractivity contribution >= 4 is 35.0 Å². The largest absolute Gasteiger partial charge is 0.480 e. The Labute approximate surface area is 182 Å². The molecule has 0 unspecified atom stereocenters. The number of nitrogens with one attached hydrogen (secondary N) is 3. The number of amides is 2. The van der Waals surface area contributed by atoms with Gasteiger partial charge in [0.15, 0.2) is 5.65 Å². The maximum atomic E-state index is 12.1. The summed E-state index contributed by atoms with van der Waals surface area (Å²) >= 11 is 0. The number of hydrogen-bond donors (Lipinski definition) is 4. The van der Waals surface area contributed by atoms with Crippen LogP contribution >= 0.6 is 0 Å². The zero-order chi connectivity index (χ0) is 23.5. The molecule has 2 heterocycles. The van der Waals surface area contributed by atoms with Gasteiger partial charge in [-0.05, 0) is 5.56 Å². The number of carboxylic acids is 1. The number of aromatic amines is 1. The lowest BCUT2D eigenvalue weighted by atomic mass is 10.2. The molecule has 3 rings (SSSR count). The first-order valence-corrected chi connectivity index (χ1v) is 9.83. The van der Waals surface area contributed by atoms with Gasteiger partial charge in [0, 0.05) is 13.0 Å². The van der Waals surface area contributed by atoms with Crippen molar-refractivity contribution in [3.63, 3.8) is 0 Å². The van der Waals surface area contributed by atoms with Gasteiger partial charge in [0.25, 0.3) is 0 Å². The molecule has 0 aliphatic heterocycles. The van der Waals surface area contributed by atoms with Crippen LogP contribution in [-0.4, -0.2) is 49.1 Å². The van der Waals surface area contributed by atoms with Crippen molar-refractivity contribution in [2.75, 3.05) is 11.9 Å². The zero-order valence-corrected chi connectivity index (χ0v) is 17.6. The molecule has 0 fully saturated rings. The maximum Gasteiger partial charge on any atom is 0.407 e. The van der Waals surface area contributed by atoms with E-state index in [4.69, 9.17) is 9.84 Å². The van der Waals surface area contributed by atoms with Gasteiger partial charge in [-0.25, -0.2) is 14.6 Å². The molecule has 0 bridgehead atoms. The lowest BCUT2D eigenvalue weighted by Crippen LogP contribution is -2.28. The first-order chi connectivity index (χ1) is 15.4. The third-order valence-corrected chi connectivity index (χ3v) is 3.89. The molecule has 12 nitrogen and oxygen atoms in total. The Balaban J connectivity index is 0.00000176. The first kappa shape index (κ1) is 24.1. The number of aliphatic carboxylic acids is 1. The van der Waals surface area contributed by atoms with Crippen molar-refractivity contribution in [1.82, 2.24) is 24.8 Å². The molecule has 170 valence electrons. The van der Waals surface area contributed by atoms with Crippen LogP contribution in [0.5, 0.6) is 0 Å². The molecule has 1 aromatic carbocycles. The fourth-order valence-corrected chi connectivity index (χ4v) is 2.57. The zero-order valence-electron chi connectivity index (χ0n) is 17.6. The number of hydrogen-bond acceptors (Lipinski definition) is 7. The van der Waals surface area contributed by atoms with E-state index in [-0.39, 0.29) is 36.6 Å². The first-order valence-electron chi connectivity index (χ1n) is 9.83. The summed E-state index contributed by atoms with van der Waals surface area (Å²) in [5, 5.41) is 13.8. The summed E-state index contributed by atoms with van der Waals surface area (Å²) in [7, 11) is 0. The van der Waals surface area contributed by atoms with E-state index < -0.39 is 30.2 Å². The fourth-order valence-electron chi connectivity index (χ4n) is 2.57. The van der Waals surface area contributed by atoms with Crippen molar-refractivity contribution < 1.29 is 24.2 Å². The number of alkyl carbamates (subject to hydrolysis) is 1. The molecule has 3 aromatic rings. The molecule has 0 atom stereocenters. The summed E-state index contributed by atoms with van der Waals surface area (Å²) in [5.74, 6) is -1.65. The van der Waals surface area contributed by atoms with E-state index in [1.54, 1.807) is 0 Å². The third-order valence-electron chi connectivity index (χ3n) is 3.89. The summed E-state index contributed by atoms with van der Waals surface area (Å²) in [5.41, 5.74) is 0.226. The molecule has 2 amide bonds. The Hall–Kier alpha value is -4.22. The van der Waals surface area contributed by atoms with Crippen LogP contribution < -0.4 is 16.3 Å². The number of ether oxygens (including phenoxy) is 1. The number of carboxylic acid groups (broad SMARTS) is 1. The van der Waals surface area contributed by atoms with Gasteiger partial charge >= 0.3 is 17.8 Å². The third kappa shape index (κ3) is 6.93. The van der Waals surface area contributed by atoms with Crippen molar-refractivity contribution in [3.8, 4) is 0 Å². The number of anilines is 1. The number of nitrogens with zero attached hydrogens (tertiary/aromatic N) is 3. The minimum absolute atomic E-state index is 0.00533. The molecule has 32 heavy (non-hydrogen) atoms. The SMILES string of the molecule is CC.O=C(O)Cn1cnc2c(NC(=O)CCNC(=O)OCc3ccccc3)[nH]c(=O)nc21. The average molecular weight is 444 g/mol. The molecule has 4 N–H and O–H groups in total. The summed E-state index contributed by atoms with van der Waals surface area (Å²) in [6.45, 7) is 3.68. The number of fused-ring (bicyclic) bond motifs is 1. The van der Waals surface area contributed by atoms with E-state index in [1.165, 1.54) is 10.9 Å². The van der Waals surface area contributed by atoms with Gasteiger partial charge < -0.3 is 25.0 Å². The Morgan fingerprint density at radius 1 is 1.19 bits per heavy atom. The number of imidazole rings is 1. The predicted octanol–water partition coefficient (Wildman–Crippen LogP) is 1.49. The fraction of sp³-hybridized carbons (Fsp3) is 0.300. The quantitative estimate of drug-likeness (QED) is 0.405. The van der Waals surface area contributed by atoms with Crippen LogP contribution in [0.1, 0.15) is 25.8 Å². The van der Waals surface area contributed by atoms with E-state index in [0.717, 1.165) is 5.56 Å². The lowest BCUT2D eigenvalue weighted by molar-refractivity contribution is -0.137. The van der Waals surface area contributed by atoms with Crippen molar-refractivity contribution in [3.05, 3.63) is 52.7 Å². The molecule has 0 radical (unpaired) electrons. The van der Waals surface area contributed by atoms with Crippen LogP contribution in [0.3, 0.4) is 0 Å². The van der Waals surface area contributed by atoms with E-state index in [9.17, 15) is 19.2 Å². The second kappa shape index (κ2) is 11.8. The van der Waals surface area contributed by atoms with Crippen LogP contribution in [0.2, 0.25) is 0 Å². The highest BCUT2D eigenvalue weighted by Crippen LogP contribution is 2.16. The number of carbonyl (C=O) groups excluding carboxylic acids is 2. The molecule has 0 saturated heterocycles. The van der Waals surface area contributed by atoms with E-state index in [2.05, 4.69) is 25.6 Å². The van der Waals surface area contributed by atoms with Crippen LogP contribution in [0, 0.1) is 0 Å². The van der Waals surface area contributed by atoms with Gasteiger partial charge in [0.05, 0.1) is 6.33 Å². The highest BCUT2D eigenvalue weighted by Gasteiger charge is 2.15. The van der Waals surface area contributed by atoms with E-state index >= 15 is 0 Å². The molecule has 2 aromatic heterocycles. The molecule has 0 saturated carbocycles. The minimum Gasteiger partial charge on any atom is -0.480 e. The van der Waals surface area contributed by atoms with Crippen LogP contribution in [-0.2, 0) is 27.5 Å². The van der Waals surface area contributed by atoms with Crippen LogP contribution in [0.15, 0.2) is 41.5 Å². The van der Waals surface area contributed by atoms with E-state index in [0.29, 0.717) is 0 Å². The summed E-state index contributed by atoms with van der Waals surface area (Å²) in [6, 6.07) is 9.13. The number of carbonyl (C=O) groups is 3. The number of benzene rings is 1. The topological polar surface area (TPSA) is 168 Å². The van der Waals surface area contributed by atoms with Crippen molar-refractivity contribution in [1.29, 1.82) is 0 Å². The van der Waals surface area contributed by atoms with Gasteiger partial charge in [0.1, 0.15) is 24.5 Å². The van der Waals surface area contributed by atoms with E-state index in [1.807, 2.05) is 44.2 Å². The average Bonchev–Trinajstić information content (AvgIpc) is 3.16. The summed E-state index contributed by atoms with van der Waals surface area (Å²) in [4.78, 5) is 56.5. The van der Waals surface area contributed by atoms with Gasteiger partial charge in [0.2, 0.25) is 5.91 Å². The maximum absolute atomic E-state index is 12.1.